The van der Waals surface area contributed by atoms with Crippen LogP contribution in [0.3, 0.4) is 0 Å². The topological polar surface area (TPSA) is 17.1 Å². The summed E-state index contributed by atoms with van der Waals surface area (Å²) in [5, 5.41) is 0.348. The second-order valence-corrected chi connectivity index (χ2v) is 7.04. The van der Waals surface area contributed by atoms with Gasteiger partial charge in [0.2, 0.25) is 0 Å². The maximum atomic E-state index is 12.0. The van der Waals surface area contributed by atoms with Gasteiger partial charge in [0, 0.05) is 10.7 Å². The highest BCUT2D eigenvalue weighted by Gasteiger charge is 2.22. The summed E-state index contributed by atoms with van der Waals surface area (Å²) >= 11 is 1.49. The van der Waals surface area contributed by atoms with E-state index >= 15 is 0 Å². The van der Waals surface area contributed by atoms with Crippen molar-refractivity contribution in [3.05, 3.63) is 12.2 Å². The van der Waals surface area contributed by atoms with E-state index < -0.39 is 0 Å². The average molecular weight is 226 g/mol. The molecule has 0 aromatic rings. The van der Waals surface area contributed by atoms with Crippen LogP contribution < -0.4 is 0 Å². The molecule has 0 heterocycles. The van der Waals surface area contributed by atoms with Crippen molar-refractivity contribution < 1.29 is 4.79 Å². The molecule has 0 saturated heterocycles. The maximum absolute atomic E-state index is 12.0. The lowest BCUT2D eigenvalue weighted by Crippen LogP contribution is -2.17. The first-order valence-electron chi connectivity index (χ1n) is 5.88. The van der Waals surface area contributed by atoms with Gasteiger partial charge in [0.25, 0.3) is 0 Å². The monoisotopic (exact) mass is 226 g/mol. The van der Waals surface area contributed by atoms with Crippen molar-refractivity contribution in [2.45, 2.75) is 57.6 Å². The second kappa shape index (κ2) is 5.74. The first-order valence-corrected chi connectivity index (χ1v) is 6.70. The largest absolute Gasteiger partial charge is 0.287 e. The van der Waals surface area contributed by atoms with E-state index in [-0.39, 0.29) is 10.7 Å². The number of thioether (sulfide) groups is 1. The number of allylic oxidation sites excluding steroid dienone is 2. The van der Waals surface area contributed by atoms with Gasteiger partial charge >= 0.3 is 0 Å². The van der Waals surface area contributed by atoms with Crippen molar-refractivity contribution in [2.75, 3.05) is 0 Å². The Morgan fingerprint density at radius 3 is 2.67 bits per heavy atom. The normalized spacial score (nSPS) is 25.4. The quantitative estimate of drug-likeness (QED) is 0.624. The van der Waals surface area contributed by atoms with E-state index in [1.54, 1.807) is 0 Å². The van der Waals surface area contributed by atoms with Crippen molar-refractivity contribution >= 4 is 16.9 Å². The van der Waals surface area contributed by atoms with Crippen LogP contribution in [0, 0.1) is 5.92 Å². The van der Waals surface area contributed by atoms with Crippen molar-refractivity contribution in [1.82, 2.24) is 0 Å². The van der Waals surface area contributed by atoms with Gasteiger partial charge in [-0.3, -0.25) is 4.79 Å². The number of hydrogen-bond acceptors (Lipinski definition) is 2. The first-order chi connectivity index (χ1) is 6.99. The summed E-state index contributed by atoms with van der Waals surface area (Å²) in [5.74, 6) is 0.162. The zero-order valence-electron chi connectivity index (χ0n) is 10.1. The minimum Gasteiger partial charge on any atom is -0.287 e. The van der Waals surface area contributed by atoms with E-state index in [9.17, 15) is 4.79 Å². The van der Waals surface area contributed by atoms with E-state index in [0.29, 0.717) is 5.12 Å². The average Bonchev–Trinajstić information content (AvgIpc) is 1.98. The number of carbonyl (C=O) groups excluding carboxylic acids is 1. The first kappa shape index (κ1) is 12.8. The van der Waals surface area contributed by atoms with Crippen LogP contribution in [0.15, 0.2) is 12.2 Å². The molecule has 0 N–H and O–H groups in total. The van der Waals surface area contributed by atoms with Crippen LogP contribution in [0.1, 0.15) is 52.9 Å². The molecule has 0 spiro atoms. The summed E-state index contributed by atoms with van der Waals surface area (Å²) < 4.78 is 0.0489. The summed E-state index contributed by atoms with van der Waals surface area (Å²) in [6, 6.07) is 0. The SMILES string of the molecule is CC(C)(C)SC(=O)C1/C=C/CCCCC1. The Morgan fingerprint density at radius 1 is 1.27 bits per heavy atom. The lowest BCUT2D eigenvalue weighted by atomic mass is 9.98. The third-order valence-corrected chi connectivity index (χ3v) is 3.58. The van der Waals surface area contributed by atoms with Gasteiger partial charge in [-0.15, -0.1) is 0 Å². The highest BCUT2D eigenvalue weighted by Crippen LogP contribution is 2.30. The smallest absolute Gasteiger partial charge is 0.196 e. The van der Waals surface area contributed by atoms with E-state index in [1.807, 2.05) is 0 Å². The molecule has 0 aromatic carbocycles. The van der Waals surface area contributed by atoms with Crippen LogP contribution in [0.2, 0.25) is 0 Å². The van der Waals surface area contributed by atoms with Gasteiger partial charge in [-0.25, -0.2) is 0 Å². The fourth-order valence-corrected chi connectivity index (χ4v) is 2.69. The van der Waals surface area contributed by atoms with Crippen LogP contribution in [-0.2, 0) is 4.79 Å². The summed E-state index contributed by atoms with van der Waals surface area (Å²) in [6.45, 7) is 6.30. The lowest BCUT2D eigenvalue weighted by molar-refractivity contribution is -0.113. The third-order valence-electron chi connectivity index (χ3n) is 2.46. The molecule has 1 nitrogen and oxygen atoms in total. The Hall–Kier alpha value is -0.240. The minimum absolute atomic E-state index is 0.0489. The molecule has 0 saturated carbocycles. The zero-order chi connectivity index (χ0) is 11.3. The Labute approximate surface area is 97.7 Å². The molecule has 0 fully saturated rings. The second-order valence-electron chi connectivity index (χ2n) is 5.21. The van der Waals surface area contributed by atoms with E-state index in [0.717, 1.165) is 12.8 Å². The Kier molecular flexibility index (Phi) is 4.91. The molecule has 0 aliphatic heterocycles. The van der Waals surface area contributed by atoms with Gasteiger partial charge in [-0.2, -0.15) is 0 Å². The van der Waals surface area contributed by atoms with Crippen molar-refractivity contribution in [1.29, 1.82) is 0 Å². The van der Waals surface area contributed by atoms with Gasteiger partial charge in [0.1, 0.15) is 0 Å². The van der Waals surface area contributed by atoms with E-state index in [2.05, 4.69) is 32.9 Å². The molecule has 0 radical (unpaired) electrons. The van der Waals surface area contributed by atoms with Gasteiger partial charge in [0.05, 0.1) is 0 Å². The van der Waals surface area contributed by atoms with Crippen LogP contribution in [0.25, 0.3) is 0 Å². The lowest BCUT2D eigenvalue weighted by Gasteiger charge is -2.20. The van der Waals surface area contributed by atoms with Crippen LogP contribution >= 0.6 is 11.8 Å². The van der Waals surface area contributed by atoms with Gasteiger partial charge in [-0.05, 0) is 19.3 Å². The fraction of sp³-hybridized carbons (Fsp3) is 0.769. The minimum atomic E-state index is 0.0489. The number of rotatable bonds is 1. The fourth-order valence-electron chi connectivity index (χ4n) is 1.73. The molecule has 1 aliphatic rings. The molecule has 0 amide bonds. The maximum Gasteiger partial charge on any atom is 0.196 e. The highest BCUT2D eigenvalue weighted by molar-refractivity contribution is 8.14. The summed E-state index contributed by atoms with van der Waals surface area (Å²) in [5.41, 5.74) is 0. The Morgan fingerprint density at radius 2 is 2.00 bits per heavy atom. The predicted octanol–water partition coefficient (Wildman–Crippen LogP) is 4.18. The van der Waals surface area contributed by atoms with Crippen LogP contribution in [-0.4, -0.2) is 9.86 Å². The molecule has 1 aliphatic carbocycles. The molecule has 2 heteroatoms. The van der Waals surface area contributed by atoms with Crippen LogP contribution in [0.4, 0.5) is 0 Å². The van der Waals surface area contributed by atoms with Gasteiger partial charge in [0.15, 0.2) is 5.12 Å². The third kappa shape index (κ3) is 5.41. The van der Waals surface area contributed by atoms with Crippen LogP contribution in [0.5, 0.6) is 0 Å². The van der Waals surface area contributed by atoms with E-state index in [4.69, 9.17) is 0 Å². The number of hydrogen-bond donors (Lipinski definition) is 0. The van der Waals surface area contributed by atoms with E-state index in [1.165, 1.54) is 31.0 Å². The standard InChI is InChI=1S/C13H22OS/c1-13(2,3)15-12(14)11-9-7-5-4-6-8-10-11/h7,9,11H,4-6,8,10H2,1-3H3/b9-7+. The summed E-state index contributed by atoms with van der Waals surface area (Å²) in [6.07, 6.45) is 10.2. The molecule has 1 unspecified atom stereocenters. The molecule has 1 atom stereocenters. The van der Waals surface area contributed by atoms with Crippen molar-refractivity contribution in [3.63, 3.8) is 0 Å². The highest BCUT2D eigenvalue weighted by atomic mass is 32.2. The van der Waals surface area contributed by atoms with Crippen molar-refractivity contribution in [2.24, 2.45) is 5.92 Å². The Balaban J connectivity index is 2.52. The molecule has 86 valence electrons. The summed E-state index contributed by atoms with van der Waals surface area (Å²) in [4.78, 5) is 12.0. The molecular weight excluding hydrogens is 204 g/mol. The predicted molar refractivity (Wildman–Crippen MR) is 68.1 cm³/mol. The molecule has 1 rings (SSSR count). The van der Waals surface area contributed by atoms with Crippen molar-refractivity contribution in [3.8, 4) is 0 Å². The molecular formula is C13H22OS. The number of carbonyl (C=O) groups is 1. The molecule has 0 aromatic heterocycles. The zero-order valence-corrected chi connectivity index (χ0v) is 10.9. The van der Waals surface area contributed by atoms with Gasteiger partial charge < -0.3 is 0 Å². The van der Waals surface area contributed by atoms with Gasteiger partial charge in [-0.1, -0.05) is 57.5 Å². The molecule has 15 heavy (non-hydrogen) atoms. The Bertz CT molecular complexity index is 237. The summed E-state index contributed by atoms with van der Waals surface area (Å²) in [7, 11) is 0. The molecule has 0 bridgehead atoms.